The minimum atomic E-state index is -4.35. The maximum atomic E-state index is 14.6. The summed E-state index contributed by atoms with van der Waals surface area (Å²) in [6.45, 7) is 3.73. The number of hydrogen-bond donors (Lipinski definition) is 1. The number of benzene rings is 4. The Morgan fingerprint density at radius 3 is 2.15 bits per heavy atom. The number of rotatable bonds is 14. The van der Waals surface area contributed by atoms with Gasteiger partial charge in [-0.2, -0.15) is 0 Å². The number of carbonyl (C=O) groups excluding carboxylic acids is 2. The predicted octanol–water partition coefficient (Wildman–Crippen LogP) is 6.43. The summed E-state index contributed by atoms with van der Waals surface area (Å²) in [5, 5.41) is 3.18. The second-order valence-corrected chi connectivity index (χ2v) is 14.0. The van der Waals surface area contributed by atoms with Gasteiger partial charge in [0.15, 0.2) is 0 Å². The Kier molecular flexibility index (Phi) is 11.5. The molecule has 48 heavy (non-hydrogen) atoms. The highest BCUT2D eigenvalue weighted by Crippen LogP contribution is 2.27. The molecule has 0 aliphatic heterocycles. The predicted molar refractivity (Wildman–Crippen MR) is 185 cm³/mol. The van der Waals surface area contributed by atoms with E-state index in [2.05, 4.69) is 5.32 Å². The molecule has 0 saturated heterocycles. The summed E-state index contributed by atoms with van der Waals surface area (Å²) in [7, 11) is -4.35. The molecule has 8 nitrogen and oxygen atoms in total. The Labute approximate surface area is 282 Å². The molecule has 5 rings (SSSR count). The number of amides is 2. The van der Waals surface area contributed by atoms with Gasteiger partial charge in [-0.3, -0.25) is 13.9 Å². The molecule has 10 heteroatoms. The van der Waals surface area contributed by atoms with Crippen LogP contribution in [0, 0.1) is 12.7 Å². The first-order chi connectivity index (χ1) is 23.1. The van der Waals surface area contributed by atoms with E-state index < -0.39 is 34.3 Å². The quantitative estimate of drug-likeness (QED) is 0.167. The van der Waals surface area contributed by atoms with Crippen LogP contribution in [0.15, 0.2) is 108 Å². The van der Waals surface area contributed by atoms with Gasteiger partial charge in [0.25, 0.3) is 10.0 Å². The van der Waals surface area contributed by atoms with Gasteiger partial charge in [-0.05, 0) is 86.3 Å². The zero-order valence-corrected chi connectivity index (χ0v) is 28.2. The molecule has 1 aliphatic rings. The maximum Gasteiger partial charge on any atom is 0.264 e. The maximum absolute atomic E-state index is 14.6. The number of ether oxygens (including phenoxy) is 1. The number of sulfonamides is 1. The summed E-state index contributed by atoms with van der Waals surface area (Å²) in [6.07, 6.45) is 4.04. The van der Waals surface area contributed by atoms with Gasteiger partial charge in [-0.15, -0.1) is 0 Å². The molecule has 0 spiro atoms. The highest BCUT2D eigenvalue weighted by molar-refractivity contribution is 7.92. The van der Waals surface area contributed by atoms with Crippen molar-refractivity contribution in [1.29, 1.82) is 0 Å². The van der Waals surface area contributed by atoms with Crippen LogP contribution in [0.1, 0.15) is 49.3 Å². The fraction of sp³-hybridized carbons (Fsp3) is 0.316. The van der Waals surface area contributed by atoms with E-state index in [0.29, 0.717) is 12.4 Å². The SMILES string of the molecule is CCOc1ccc(N(CC(=O)N(Cc2ccc(C)cc2)[C@@H](Cc2ccccc2)C(=O)NC2CCCC2)S(=O)(=O)c2ccc(F)cc2)cc1. The third-order valence-electron chi connectivity index (χ3n) is 8.56. The first-order valence-corrected chi connectivity index (χ1v) is 17.8. The lowest BCUT2D eigenvalue weighted by atomic mass is 10.0. The third kappa shape index (κ3) is 8.80. The summed E-state index contributed by atoms with van der Waals surface area (Å²) >= 11 is 0. The summed E-state index contributed by atoms with van der Waals surface area (Å²) < 4.78 is 48.7. The number of carbonyl (C=O) groups is 2. The van der Waals surface area contributed by atoms with E-state index >= 15 is 0 Å². The van der Waals surface area contributed by atoms with Crippen molar-refractivity contribution in [3.05, 3.63) is 126 Å². The van der Waals surface area contributed by atoms with Crippen LogP contribution in [-0.2, 0) is 32.6 Å². The van der Waals surface area contributed by atoms with Gasteiger partial charge < -0.3 is 15.0 Å². The van der Waals surface area contributed by atoms with Crippen molar-refractivity contribution in [2.45, 2.75) is 69.5 Å². The molecule has 252 valence electrons. The first-order valence-electron chi connectivity index (χ1n) is 16.3. The first kappa shape index (κ1) is 34.6. The number of hydrogen-bond acceptors (Lipinski definition) is 5. The fourth-order valence-corrected chi connectivity index (χ4v) is 7.36. The molecule has 0 radical (unpaired) electrons. The van der Waals surface area contributed by atoms with E-state index in [-0.39, 0.29) is 35.5 Å². The highest BCUT2D eigenvalue weighted by Gasteiger charge is 2.35. The van der Waals surface area contributed by atoms with E-state index in [0.717, 1.165) is 58.8 Å². The van der Waals surface area contributed by atoms with Crippen molar-refractivity contribution in [2.75, 3.05) is 17.5 Å². The molecular weight excluding hydrogens is 629 g/mol. The summed E-state index contributed by atoms with van der Waals surface area (Å²) in [6, 6.07) is 27.2. The molecule has 1 fully saturated rings. The van der Waals surface area contributed by atoms with E-state index in [1.54, 1.807) is 24.3 Å². The van der Waals surface area contributed by atoms with Crippen LogP contribution in [0.4, 0.5) is 10.1 Å². The second kappa shape index (κ2) is 15.9. The number of anilines is 1. The molecule has 0 aromatic heterocycles. The molecule has 0 heterocycles. The van der Waals surface area contributed by atoms with Gasteiger partial charge in [-0.1, -0.05) is 73.0 Å². The fourth-order valence-electron chi connectivity index (χ4n) is 5.95. The Morgan fingerprint density at radius 1 is 0.875 bits per heavy atom. The molecular formula is C38H42FN3O5S. The van der Waals surface area contributed by atoms with Crippen molar-refractivity contribution >= 4 is 27.5 Å². The third-order valence-corrected chi connectivity index (χ3v) is 10.4. The van der Waals surface area contributed by atoms with Crippen LogP contribution in [0.25, 0.3) is 0 Å². The van der Waals surface area contributed by atoms with Crippen molar-refractivity contribution < 1.29 is 27.1 Å². The molecule has 1 saturated carbocycles. The lowest BCUT2D eigenvalue weighted by Crippen LogP contribution is -2.54. The molecule has 1 atom stereocenters. The molecule has 4 aromatic rings. The van der Waals surface area contributed by atoms with Crippen molar-refractivity contribution in [1.82, 2.24) is 10.2 Å². The lowest BCUT2D eigenvalue weighted by molar-refractivity contribution is -0.140. The van der Waals surface area contributed by atoms with Gasteiger partial charge in [-0.25, -0.2) is 12.8 Å². The van der Waals surface area contributed by atoms with Crippen molar-refractivity contribution in [3.8, 4) is 5.75 Å². The molecule has 2 amide bonds. The lowest BCUT2D eigenvalue weighted by Gasteiger charge is -2.34. The molecule has 0 bridgehead atoms. The van der Waals surface area contributed by atoms with Crippen LogP contribution in [0.2, 0.25) is 0 Å². The monoisotopic (exact) mass is 671 g/mol. The summed E-state index contributed by atoms with van der Waals surface area (Å²) in [5.74, 6) is -0.879. The van der Waals surface area contributed by atoms with Crippen LogP contribution >= 0.6 is 0 Å². The number of halogens is 1. The largest absolute Gasteiger partial charge is 0.494 e. The van der Waals surface area contributed by atoms with Gasteiger partial charge in [0.05, 0.1) is 17.2 Å². The van der Waals surface area contributed by atoms with Gasteiger partial charge in [0.2, 0.25) is 11.8 Å². The van der Waals surface area contributed by atoms with E-state index in [9.17, 15) is 22.4 Å². The van der Waals surface area contributed by atoms with Crippen molar-refractivity contribution in [3.63, 3.8) is 0 Å². The van der Waals surface area contributed by atoms with Crippen molar-refractivity contribution in [2.24, 2.45) is 0 Å². The highest BCUT2D eigenvalue weighted by atomic mass is 32.2. The number of aryl methyl sites for hydroxylation is 1. The summed E-state index contributed by atoms with van der Waals surface area (Å²) in [5.41, 5.74) is 2.94. The van der Waals surface area contributed by atoms with Gasteiger partial charge >= 0.3 is 0 Å². The Bertz CT molecular complexity index is 1760. The Hall–Kier alpha value is -4.70. The van der Waals surface area contributed by atoms with Crippen LogP contribution in [0.5, 0.6) is 5.75 Å². The summed E-state index contributed by atoms with van der Waals surface area (Å²) in [4.78, 5) is 30.1. The number of nitrogens with zero attached hydrogens (tertiary/aromatic N) is 2. The smallest absolute Gasteiger partial charge is 0.264 e. The van der Waals surface area contributed by atoms with E-state index in [4.69, 9.17) is 4.74 Å². The van der Waals surface area contributed by atoms with E-state index in [1.807, 2.05) is 68.4 Å². The minimum absolute atomic E-state index is 0.0197. The van der Waals surface area contributed by atoms with Gasteiger partial charge in [0, 0.05) is 19.0 Å². The van der Waals surface area contributed by atoms with Gasteiger partial charge in [0.1, 0.15) is 24.2 Å². The van der Waals surface area contributed by atoms with Crippen LogP contribution in [0.3, 0.4) is 0 Å². The Morgan fingerprint density at radius 2 is 1.52 bits per heavy atom. The molecule has 1 N–H and O–H groups in total. The van der Waals surface area contributed by atoms with Crippen LogP contribution < -0.4 is 14.4 Å². The zero-order chi connectivity index (χ0) is 34.1. The minimum Gasteiger partial charge on any atom is -0.494 e. The molecule has 4 aromatic carbocycles. The average molecular weight is 672 g/mol. The molecule has 1 aliphatic carbocycles. The zero-order valence-electron chi connectivity index (χ0n) is 27.3. The number of nitrogens with one attached hydrogen (secondary N) is 1. The van der Waals surface area contributed by atoms with E-state index in [1.165, 1.54) is 17.0 Å². The Balaban J connectivity index is 1.56. The second-order valence-electron chi connectivity index (χ2n) is 12.1. The van der Waals surface area contributed by atoms with Crippen LogP contribution in [-0.4, -0.2) is 50.4 Å². The normalized spacial score (nSPS) is 13.9. The average Bonchev–Trinajstić information content (AvgIpc) is 3.60. The molecule has 0 unspecified atom stereocenters. The topological polar surface area (TPSA) is 96.0 Å². The standard InChI is InChI=1S/C38H42FN3O5S/c1-3-47-34-21-19-33(20-22-34)42(48(45,46)35-23-17-31(39)18-24-35)27-37(43)41(26-30-15-13-28(2)14-16-30)36(25-29-9-5-4-6-10-29)38(44)40-32-11-7-8-12-32/h4-6,9-10,13-24,32,36H,3,7-8,11-12,25-27H2,1-2H3,(H,40,44)/t36-/m0/s1.